The molecule has 0 bridgehead atoms. The molecule has 0 saturated heterocycles. The molecule has 1 aromatic heterocycles. The number of anilines is 1. The number of nitrogens with zero attached hydrogens (tertiary/aromatic N) is 2. The molecule has 2 rings (SSSR count). The largest absolute Gasteiger partial charge is 0.370 e. The normalized spacial score (nSPS) is 15.4. The van der Waals surface area contributed by atoms with Crippen molar-refractivity contribution in [3.8, 4) is 0 Å². The summed E-state index contributed by atoms with van der Waals surface area (Å²) in [5, 5.41) is 0. The van der Waals surface area contributed by atoms with Crippen molar-refractivity contribution in [1.82, 2.24) is 4.98 Å². The van der Waals surface area contributed by atoms with E-state index < -0.39 is 0 Å². The van der Waals surface area contributed by atoms with E-state index in [1.54, 1.807) is 6.92 Å². The van der Waals surface area contributed by atoms with E-state index in [2.05, 4.69) is 16.8 Å². The first-order valence-electron chi connectivity index (χ1n) is 6.42. The third-order valence-electron chi connectivity index (χ3n) is 3.56. The summed E-state index contributed by atoms with van der Waals surface area (Å²) in [5.74, 6) is 0.876. The van der Waals surface area contributed by atoms with Crippen LogP contribution in [-0.2, 0) is 0 Å². The van der Waals surface area contributed by atoms with Gasteiger partial charge in [-0.05, 0) is 37.8 Å². The lowest BCUT2D eigenvalue weighted by molar-refractivity contribution is 0.101. The predicted molar refractivity (Wildman–Crippen MR) is 69.5 cm³/mol. The first-order chi connectivity index (χ1) is 8.20. The Morgan fingerprint density at radius 2 is 2.24 bits per heavy atom. The van der Waals surface area contributed by atoms with E-state index in [9.17, 15) is 4.79 Å². The smallest absolute Gasteiger partial charge is 0.178 e. The van der Waals surface area contributed by atoms with Crippen molar-refractivity contribution in [3.05, 3.63) is 24.0 Å². The van der Waals surface area contributed by atoms with Crippen molar-refractivity contribution in [2.24, 2.45) is 5.92 Å². The highest BCUT2D eigenvalue weighted by Crippen LogP contribution is 2.28. The minimum atomic E-state index is 0.0265. The molecular formula is C14H20N2O. The zero-order valence-electron chi connectivity index (χ0n) is 10.6. The van der Waals surface area contributed by atoms with Gasteiger partial charge in [0, 0.05) is 20.0 Å². The zero-order valence-corrected chi connectivity index (χ0v) is 10.6. The van der Waals surface area contributed by atoms with Crippen LogP contribution in [0.25, 0.3) is 0 Å². The van der Waals surface area contributed by atoms with Crippen LogP contribution in [0.5, 0.6) is 0 Å². The van der Waals surface area contributed by atoms with E-state index in [0.29, 0.717) is 5.69 Å². The molecule has 0 atom stereocenters. The summed E-state index contributed by atoms with van der Waals surface area (Å²) in [5.41, 5.74) is 1.68. The second kappa shape index (κ2) is 5.30. The van der Waals surface area contributed by atoms with E-state index in [4.69, 9.17) is 0 Å². The lowest BCUT2D eigenvalue weighted by Crippen LogP contribution is -2.32. The monoisotopic (exact) mass is 232 g/mol. The number of rotatable bonds is 5. The van der Waals surface area contributed by atoms with Gasteiger partial charge < -0.3 is 4.90 Å². The van der Waals surface area contributed by atoms with Gasteiger partial charge in [-0.2, -0.15) is 0 Å². The molecule has 0 spiro atoms. The maximum absolute atomic E-state index is 11.2. The average molecular weight is 232 g/mol. The van der Waals surface area contributed by atoms with E-state index >= 15 is 0 Å². The molecule has 3 heteroatoms. The van der Waals surface area contributed by atoms with Gasteiger partial charge in [-0.3, -0.25) is 9.78 Å². The highest BCUT2D eigenvalue weighted by Gasteiger charge is 2.20. The second-order valence-corrected chi connectivity index (χ2v) is 4.79. The van der Waals surface area contributed by atoms with Crippen molar-refractivity contribution in [1.29, 1.82) is 0 Å². The van der Waals surface area contributed by atoms with Gasteiger partial charge in [0.15, 0.2) is 5.78 Å². The van der Waals surface area contributed by atoms with Crippen LogP contribution in [0.4, 0.5) is 5.69 Å². The topological polar surface area (TPSA) is 33.2 Å². The predicted octanol–water partition coefficient (Wildman–Crippen LogP) is 2.91. The van der Waals surface area contributed by atoms with Crippen molar-refractivity contribution < 1.29 is 4.79 Å². The van der Waals surface area contributed by atoms with Gasteiger partial charge in [-0.15, -0.1) is 0 Å². The molecule has 1 aliphatic carbocycles. The standard InChI is InChI=1S/C14H20N2O/c1-3-16(10-12-5-4-6-12)13-7-8-14(11(2)17)15-9-13/h7-9,12H,3-6,10H2,1-2H3. The zero-order chi connectivity index (χ0) is 12.3. The molecule has 0 aliphatic heterocycles. The fraction of sp³-hybridized carbons (Fsp3) is 0.571. The van der Waals surface area contributed by atoms with Crippen LogP contribution >= 0.6 is 0 Å². The van der Waals surface area contributed by atoms with Gasteiger partial charge in [0.1, 0.15) is 5.69 Å². The molecule has 1 fully saturated rings. The second-order valence-electron chi connectivity index (χ2n) is 4.79. The fourth-order valence-electron chi connectivity index (χ4n) is 2.19. The van der Waals surface area contributed by atoms with Crippen LogP contribution in [-0.4, -0.2) is 23.9 Å². The van der Waals surface area contributed by atoms with Gasteiger partial charge in [0.05, 0.1) is 11.9 Å². The minimum Gasteiger partial charge on any atom is -0.370 e. The van der Waals surface area contributed by atoms with Gasteiger partial charge in [-0.25, -0.2) is 0 Å². The molecule has 0 amide bonds. The summed E-state index contributed by atoms with van der Waals surface area (Å²) in [6.07, 6.45) is 5.91. The quantitative estimate of drug-likeness (QED) is 0.732. The summed E-state index contributed by atoms with van der Waals surface area (Å²) < 4.78 is 0. The molecule has 3 nitrogen and oxygen atoms in total. The molecule has 1 saturated carbocycles. The molecule has 0 aromatic carbocycles. The maximum atomic E-state index is 11.2. The lowest BCUT2D eigenvalue weighted by atomic mass is 9.85. The van der Waals surface area contributed by atoms with Crippen molar-refractivity contribution in [2.75, 3.05) is 18.0 Å². The van der Waals surface area contributed by atoms with E-state index in [1.807, 2.05) is 18.3 Å². The Hall–Kier alpha value is -1.38. The van der Waals surface area contributed by atoms with Crippen molar-refractivity contribution >= 4 is 11.5 Å². The van der Waals surface area contributed by atoms with E-state index in [-0.39, 0.29) is 5.78 Å². The van der Waals surface area contributed by atoms with Crippen LogP contribution in [0.1, 0.15) is 43.6 Å². The van der Waals surface area contributed by atoms with Gasteiger partial charge in [0.25, 0.3) is 0 Å². The number of Topliss-reactive ketones (excluding diaryl/α,β-unsaturated/α-hetero) is 1. The van der Waals surface area contributed by atoms with Gasteiger partial charge >= 0.3 is 0 Å². The number of aromatic nitrogens is 1. The Labute approximate surface area is 103 Å². The molecule has 92 valence electrons. The summed E-state index contributed by atoms with van der Waals surface area (Å²) in [7, 11) is 0. The van der Waals surface area contributed by atoms with Crippen molar-refractivity contribution in [2.45, 2.75) is 33.1 Å². The minimum absolute atomic E-state index is 0.0265. The fourth-order valence-corrected chi connectivity index (χ4v) is 2.19. The summed E-state index contributed by atoms with van der Waals surface area (Å²) in [6, 6.07) is 3.83. The molecule has 0 radical (unpaired) electrons. The Morgan fingerprint density at radius 3 is 2.65 bits per heavy atom. The molecule has 1 aliphatic rings. The van der Waals surface area contributed by atoms with Crippen LogP contribution in [0.15, 0.2) is 18.3 Å². The Balaban J connectivity index is 2.04. The summed E-state index contributed by atoms with van der Waals surface area (Å²) in [6.45, 7) is 5.83. The third kappa shape index (κ3) is 2.84. The number of hydrogen-bond acceptors (Lipinski definition) is 3. The van der Waals surface area contributed by atoms with E-state index in [0.717, 1.165) is 24.7 Å². The molecule has 1 aromatic rings. The van der Waals surface area contributed by atoms with Gasteiger partial charge in [-0.1, -0.05) is 6.42 Å². The molecule has 0 unspecified atom stereocenters. The highest BCUT2D eigenvalue weighted by molar-refractivity contribution is 5.92. The SMILES string of the molecule is CCN(CC1CCC1)c1ccc(C(C)=O)nc1. The molecule has 0 N–H and O–H groups in total. The third-order valence-corrected chi connectivity index (χ3v) is 3.56. The number of ketones is 1. The first-order valence-corrected chi connectivity index (χ1v) is 6.42. The average Bonchev–Trinajstić information content (AvgIpc) is 2.28. The van der Waals surface area contributed by atoms with Crippen LogP contribution in [0.2, 0.25) is 0 Å². The maximum Gasteiger partial charge on any atom is 0.178 e. The molecular weight excluding hydrogens is 212 g/mol. The Morgan fingerprint density at radius 1 is 1.47 bits per heavy atom. The van der Waals surface area contributed by atoms with Gasteiger partial charge in [0.2, 0.25) is 0 Å². The molecule has 1 heterocycles. The Kier molecular flexibility index (Phi) is 3.77. The van der Waals surface area contributed by atoms with Crippen molar-refractivity contribution in [3.63, 3.8) is 0 Å². The number of pyridine rings is 1. The van der Waals surface area contributed by atoms with E-state index in [1.165, 1.54) is 19.3 Å². The summed E-state index contributed by atoms with van der Waals surface area (Å²) in [4.78, 5) is 17.7. The van der Waals surface area contributed by atoms with Crippen LogP contribution in [0.3, 0.4) is 0 Å². The first kappa shape index (κ1) is 12.1. The number of hydrogen-bond donors (Lipinski definition) is 0. The van der Waals surface area contributed by atoms with Crippen LogP contribution in [0, 0.1) is 5.92 Å². The highest BCUT2D eigenvalue weighted by atomic mass is 16.1. The van der Waals surface area contributed by atoms with Crippen LogP contribution < -0.4 is 4.90 Å². The molecule has 17 heavy (non-hydrogen) atoms. The number of carbonyl (C=O) groups excluding carboxylic acids is 1. The summed E-state index contributed by atoms with van der Waals surface area (Å²) >= 11 is 0. The number of carbonyl (C=O) groups is 1. The Bertz CT molecular complexity index is 382. The lowest BCUT2D eigenvalue weighted by Gasteiger charge is -2.33.